The van der Waals surface area contributed by atoms with Crippen LogP contribution in [0.2, 0.25) is 0 Å². The Kier molecular flexibility index (Phi) is 3.71. The average Bonchev–Trinajstić information content (AvgIpc) is 2.26. The van der Waals surface area contributed by atoms with Gasteiger partial charge in [-0.25, -0.2) is 0 Å². The minimum absolute atomic E-state index is 0.0171. The summed E-state index contributed by atoms with van der Waals surface area (Å²) in [5.41, 5.74) is 1.81. The summed E-state index contributed by atoms with van der Waals surface area (Å²) in [6.45, 7) is 1.88. The zero-order valence-electron chi connectivity index (χ0n) is 10.4. The van der Waals surface area contributed by atoms with E-state index in [0.29, 0.717) is 29.7 Å². The minimum Gasteiger partial charge on any atom is -0.508 e. The molecule has 0 amide bonds. The standard InChI is InChI=1S/C13H14N2O3S/c1-2-10-11(14-13(19)15-12(10)18)5-7-3-8(16)6-9(17)4-7/h3-4,6,16-17H,2,5H2,1H3,(H2,14,15,18,19). The molecule has 0 aliphatic rings. The van der Waals surface area contributed by atoms with Gasteiger partial charge in [-0.3, -0.25) is 9.78 Å². The van der Waals surface area contributed by atoms with Gasteiger partial charge >= 0.3 is 0 Å². The molecule has 0 bridgehead atoms. The molecule has 0 saturated carbocycles. The molecule has 0 atom stereocenters. The van der Waals surface area contributed by atoms with E-state index in [0.717, 1.165) is 0 Å². The summed E-state index contributed by atoms with van der Waals surface area (Å²) in [6.07, 6.45) is 0.959. The minimum atomic E-state index is -0.203. The topological polar surface area (TPSA) is 89.1 Å². The summed E-state index contributed by atoms with van der Waals surface area (Å²) in [5.74, 6) is -0.0343. The number of nitrogens with one attached hydrogen (secondary N) is 2. The lowest BCUT2D eigenvalue weighted by Crippen LogP contribution is -2.17. The van der Waals surface area contributed by atoms with Gasteiger partial charge in [0.15, 0.2) is 4.77 Å². The van der Waals surface area contributed by atoms with Gasteiger partial charge in [0.1, 0.15) is 11.5 Å². The van der Waals surface area contributed by atoms with Crippen molar-refractivity contribution in [2.24, 2.45) is 0 Å². The number of rotatable bonds is 3. The second kappa shape index (κ2) is 5.27. The lowest BCUT2D eigenvalue weighted by molar-refractivity contribution is 0.449. The second-order valence-corrected chi connectivity index (χ2v) is 4.66. The predicted octanol–water partition coefficient (Wildman–Crippen LogP) is 2.00. The van der Waals surface area contributed by atoms with Gasteiger partial charge in [-0.1, -0.05) is 6.92 Å². The highest BCUT2D eigenvalue weighted by Crippen LogP contribution is 2.22. The Balaban J connectivity index is 2.48. The van der Waals surface area contributed by atoms with Crippen LogP contribution in [0.15, 0.2) is 23.0 Å². The Hall–Kier alpha value is -2.08. The van der Waals surface area contributed by atoms with E-state index in [-0.39, 0.29) is 21.8 Å². The summed E-state index contributed by atoms with van der Waals surface area (Å²) in [5, 5.41) is 18.9. The first-order valence-corrected chi connectivity index (χ1v) is 6.26. The molecule has 0 aliphatic carbocycles. The fraction of sp³-hybridized carbons (Fsp3) is 0.231. The van der Waals surface area contributed by atoms with Crippen LogP contribution in [0.5, 0.6) is 11.5 Å². The third-order valence-corrected chi connectivity index (χ3v) is 3.03. The van der Waals surface area contributed by atoms with E-state index in [2.05, 4.69) is 9.97 Å². The van der Waals surface area contributed by atoms with Gasteiger partial charge < -0.3 is 15.2 Å². The molecular weight excluding hydrogens is 264 g/mol. The molecule has 100 valence electrons. The largest absolute Gasteiger partial charge is 0.508 e. The lowest BCUT2D eigenvalue weighted by Gasteiger charge is -2.08. The highest BCUT2D eigenvalue weighted by Gasteiger charge is 2.08. The molecule has 1 aromatic heterocycles. The van der Waals surface area contributed by atoms with E-state index < -0.39 is 0 Å². The number of aromatic amines is 2. The van der Waals surface area contributed by atoms with E-state index >= 15 is 0 Å². The Morgan fingerprint density at radius 2 is 1.79 bits per heavy atom. The molecule has 0 spiro atoms. The van der Waals surface area contributed by atoms with E-state index in [4.69, 9.17) is 12.2 Å². The summed E-state index contributed by atoms with van der Waals surface area (Å²) >= 11 is 4.95. The molecule has 19 heavy (non-hydrogen) atoms. The van der Waals surface area contributed by atoms with Gasteiger partial charge in [-0.15, -0.1) is 0 Å². The summed E-state index contributed by atoms with van der Waals surface area (Å²) in [7, 11) is 0. The molecule has 0 saturated heterocycles. The number of benzene rings is 1. The monoisotopic (exact) mass is 278 g/mol. The third-order valence-electron chi connectivity index (χ3n) is 2.83. The lowest BCUT2D eigenvalue weighted by atomic mass is 10.0. The number of aromatic nitrogens is 2. The maximum atomic E-state index is 11.8. The smallest absolute Gasteiger partial charge is 0.255 e. The van der Waals surface area contributed by atoms with Crippen LogP contribution < -0.4 is 5.56 Å². The maximum Gasteiger partial charge on any atom is 0.255 e. The number of aromatic hydroxyl groups is 2. The molecular formula is C13H14N2O3S. The maximum absolute atomic E-state index is 11.8. The number of phenolic OH excluding ortho intramolecular Hbond substituents is 2. The first-order chi connectivity index (χ1) is 8.99. The van der Waals surface area contributed by atoms with Crippen molar-refractivity contribution in [1.82, 2.24) is 9.97 Å². The third kappa shape index (κ3) is 3.03. The number of hydrogen-bond donors (Lipinski definition) is 4. The molecule has 0 fully saturated rings. The van der Waals surface area contributed by atoms with Crippen molar-refractivity contribution in [3.05, 3.63) is 50.1 Å². The normalized spacial score (nSPS) is 10.6. The quantitative estimate of drug-likeness (QED) is 0.646. The molecule has 1 heterocycles. The Bertz CT molecular complexity index is 698. The van der Waals surface area contributed by atoms with Crippen LogP contribution in [0.4, 0.5) is 0 Å². The number of hydrogen-bond acceptors (Lipinski definition) is 4. The average molecular weight is 278 g/mol. The number of H-pyrrole nitrogens is 2. The van der Waals surface area contributed by atoms with Gasteiger partial charge in [0.05, 0.1) is 0 Å². The summed E-state index contributed by atoms with van der Waals surface area (Å²) in [4.78, 5) is 17.3. The fourth-order valence-corrected chi connectivity index (χ4v) is 2.26. The molecule has 6 heteroatoms. The van der Waals surface area contributed by atoms with Crippen LogP contribution in [-0.4, -0.2) is 20.2 Å². The van der Waals surface area contributed by atoms with Crippen molar-refractivity contribution in [3.8, 4) is 11.5 Å². The SMILES string of the molecule is CCc1c(Cc2cc(O)cc(O)c2)[nH]c(=S)[nH]c1=O. The van der Waals surface area contributed by atoms with Crippen molar-refractivity contribution < 1.29 is 10.2 Å². The fourth-order valence-electron chi connectivity index (χ4n) is 2.05. The highest BCUT2D eigenvalue weighted by molar-refractivity contribution is 7.71. The molecule has 1 aromatic carbocycles. The first kappa shape index (κ1) is 13.4. The molecule has 4 N–H and O–H groups in total. The van der Waals surface area contributed by atoms with Crippen LogP contribution in [-0.2, 0) is 12.8 Å². The molecule has 0 unspecified atom stereocenters. The van der Waals surface area contributed by atoms with Crippen molar-refractivity contribution >= 4 is 12.2 Å². The van der Waals surface area contributed by atoms with Crippen molar-refractivity contribution in [2.45, 2.75) is 19.8 Å². The summed E-state index contributed by atoms with van der Waals surface area (Å²) in [6, 6.07) is 4.33. The number of phenols is 2. The Morgan fingerprint density at radius 1 is 1.16 bits per heavy atom. The Labute approximate surface area is 114 Å². The second-order valence-electron chi connectivity index (χ2n) is 4.25. The highest BCUT2D eigenvalue weighted by atomic mass is 32.1. The van der Waals surface area contributed by atoms with Crippen LogP contribution in [0.1, 0.15) is 23.7 Å². The van der Waals surface area contributed by atoms with Gasteiger partial charge in [0.2, 0.25) is 0 Å². The van der Waals surface area contributed by atoms with E-state index in [9.17, 15) is 15.0 Å². The van der Waals surface area contributed by atoms with Crippen LogP contribution in [0.3, 0.4) is 0 Å². The van der Waals surface area contributed by atoms with Crippen LogP contribution >= 0.6 is 12.2 Å². The van der Waals surface area contributed by atoms with Crippen molar-refractivity contribution in [2.75, 3.05) is 0 Å². The van der Waals surface area contributed by atoms with E-state index in [1.807, 2.05) is 6.92 Å². The van der Waals surface area contributed by atoms with Crippen molar-refractivity contribution in [3.63, 3.8) is 0 Å². The molecule has 0 aliphatic heterocycles. The van der Waals surface area contributed by atoms with Gasteiger partial charge in [0, 0.05) is 23.7 Å². The van der Waals surface area contributed by atoms with Crippen LogP contribution in [0, 0.1) is 4.77 Å². The van der Waals surface area contributed by atoms with Crippen LogP contribution in [0.25, 0.3) is 0 Å². The molecule has 0 radical (unpaired) electrons. The van der Waals surface area contributed by atoms with E-state index in [1.165, 1.54) is 18.2 Å². The Morgan fingerprint density at radius 3 is 2.37 bits per heavy atom. The molecule has 2 rings (SSSR count). The predicted molar refractivity (Wildman–Crippen MR) is 74.2 cm³/mol. The molecule has 2 aromatic rings. The van der Waals surface area contributed by atoms with Gasteiger partial charge in [0.25, 0.3) is 5.56 Å². The zero-order chi connectivity index (χ0) is 14.0. The van der Waals surface area contributed by atoms with E-state index in [1.54, 1.807) is 0 Å². The van der Waals surface area contributed by atoms with Crippen molar-refractivity contribution in [1.29, 1.82) is 0 Å². The zero-order valence-corrected chi connectivity index (χ0v) is 11.2. The molecule has 5 nitrogen and oxygen atoms in total. The summed E-state index contributed by atoms with van der Waals surface area (Å²) < 4.78 is 0.265. The van der Waals surface area contributed by atoms with Gasteiger partial charge in [-0.05, 0) is 36.3 Å². The first-order valence-electron chi connectivity index (χ1n) is 5.86. The van der Waals surface area contributed by atoms with Gasteiger partial charge in [-0.2, -0.15) is 0 Å².